The van der Waals surface area contributed by atoms with Gasteiger partial charge in [-0.3, -0.25) is 19.6 Å². The second-order valence-electron chi connectivity index (χ2n) is 40.0. The monoisotopic (exact) mass is 1950 g/mol. The molecule has 14 aromatic heterocycles. The van der Waals surface area contributed by atoms with Crippen LogP contribution < -0.4 is 0 Å². The molecule has 0 atom stereocenters. The lowest BCUT2D eigenvalue weighted by molar-refractivity contribution is 0.393. The molecule has 6 N–H and O–H groups in total. The van der Waals surface area contributed by atoms with Crippen molar-refractivity contribution in [3.05, 3.63) is 342 Å². The molecule has 5 fully saturated rings. The Morgan fingerprint density at radius 2 is 0.682 bits per heavy atom. The van der Waals surface area contributed by atoms with Gasteiger partial charge in [0.2, 0.25) is 0 Å². The fourth-order valence-corrected chi connectivity index (χ4v) is 21.4. The van der Waals surface area contributed by atoms with E-state index in [-0.39, 0.29) is 5.82 Å². The number of halogens is 1. The van der Waals surface area contributed by atoms with E-state index in [0.29, 0.717) is 29.6 Å². The van der Waals surface area contributed by atoms with Crippen molar-refractivity contribution in [3.63, 3.8) is 0 Å². The van der Waals surface area contributed by atoms with E-state index in [9.17, 15) is 4.39 Å². The molecule has 5 aliphatic rings. The molecule has 728 valence electrons. The van der Waals surface area contributed by atoms with Crippen molar-refractivity contribution in [1.29, 1.82) is 0 Å². The molecule has 11 aromatic carbocycles. The van der Waals surface area contributed by atoms with Crippen molar-refractivity contribution in [1.82, 2.24) is 105 Å². The van der Waals surface area contributed by atoms with Gasteiger partial charge in [-0.2, -0.15) is 5.10 Å². The van der Waals surface area contributed by atoms with Crippen LogP contribution in [0.3, 0.4) is 0 Å². The highest BCUT2D eigenvalue weighted by atomic mass is 19.1. The normalized spacial score (nSPS) is 14.0. The Morgan fingerprint density at radius 1 is 0.304 bits per heavy atom. The van der Waals surface area contributed by atoms with E-state index in [2.05, 4.69) is 227 Å². The van der Waals surface area contributed by atoms with Crippen LogP contribution in [0.2, 0.25) is 0 Å². The maximum Gasteiger partial charge on any atom is 0.141 e. The number of imidazole rings is 6. The number of nitrogens with one attached hydrogen (secondary N) is 6. The van der Waals surface area contributed by atoms with E-state index in [1.54, 1.807) is 18.3 Å². The van der Waals surface area contributed by atoms with Gasteiger partial charge in [-0.1, -0.05) is 135 Å². The van der Waals surface area contributed by atoms with E-state index in [4.69, 9.17) is 52.5 Å². The number of hydrogen-bond acceptors (Lipinski definition) is 19. The van der Waals surface area contributed by atoms with Crippen LogP contribution in [0.5, 0.6) is 0 Å². The number of fused-ring (bicyclic) bond motifs is 8. The van der Waals surface area contributed by atoms with Gasteiger partial charge >= 0.3 is 0 Å². The lowest BCUT2D eigenvalue weighted by atomic mass is 9.93. The zero-order valence-corrected chi connectivity index (χ0v) is 83.3. The summed E-state index contributed by atoms with van der Waals surface area (Å²) in [5, 5.41) is 32.9. The van der Waals surface area contributed by atoms with Gasteiger partial charge in [-0.25, -0.2) is 34.3 Å². The number of pyridine rings is 2. The first kappa shape index (κ1) is 90.3. The zero-order chi connectivity index (χ0) is 100.0. The van der Waals surface area contributed by atoms with Crippen LogP contribution in [0, 0.1) is 75.1 Å². The Balaban J connectivity index is 0.0000000937. The number of aromatic amines is 6. The smallest absolute Gasteiger partial charge is 0.141 e. The second-order valence-corrected chi connectivity index (χ2v) is 40.0. The van der Waals surface area contributed by atoms with Gasteiger partial charge in [0.05, 0.1) is 112 Å². The molecule has 0 spiro atoms. The molecular formula is C121H102FN21O5. The van der Waals surface area contributed by atoms with Crippen LogP contribution in [-0.4, -0.2) is 105 Å². The van der Waals surface area contributed by atoms with Gasteiger partial charge in [0.15, 0.2) is 0 Å². The van der Waals surface area contributed by atoms with Crippen molar-refractivity contribution in [2.45, 2.75) is 163 Å². The predicted molar refractivity (Wildman–Crippen MR) is 575 cm³/mol. The summed E-state index contributed by atoms with van der Waals surface area (Å²) >= 11 is 0. The summed E-state index contributed by atoms with van der Waals surface area (Å²) in [6.07, 6.45) is 21.3. The van der Waals surface area contributed by atoms with Crippen LogP contribution in [0.1, 0.15) is 180 Å². The van der Waals surface area contributed by atoms with E-state index in [1.807, 2.05) is 137 Å². The highest BCUT2D eigenvalue weighted by molar-refractivity contribution is 6.08. The number of rotatable bonds is 17. The van der Waals surface area contributed by atoms with Crippen molar-refractivity contribution in [3.8, 4) is 128 Å². The van der Waals surface area contributed by atoms with Crippen LogP contribution in [-0.2, 0) is 0 Å². The first-order valence-corrected chi connectivity index (χ1v) is 50.7. The second kappa shape index (κ2) is 36.5. The molecular weight excluding hydrogens is 1850 g/mol. The third-order valence-corrected chi connectivity index (χ3v) is 29.4. The van der Waals surface area contributed by atoms with Crippen LogP contribution in [0.4, 0.5) is 4.39 Å². The first-order chi connectivity index (χ1) is 72.3. The van der Waals surface area contributed by atoms with Crippen LogP contribution >= 0.6 is 0 Å². The topological polar surface area (TPSA) is 346 Å². The molecule has 25 aromatic rings. The van der Waals surface area contributed by atoms with Crippen LogP contribution in [0.25, 0.3) is 216 Å². The highest BCUT2D eigenvalue weighted by Crippen LogP contribution is 2.51. The molecule has 26 nitrogen and oxygen atoms in total. The minimum atomic E-state index is -0.269. The summed E-state index contributed by atoms with van der Waals surface area (Å²) in [5.41, 5.74) is 40.5. The molecule has 27 heteroatoms. The van der Waals surface area contributed by atoms with Gasteiger partial charge < -0.3 is 47.5 Å². The Morgan fingerprint density at radius 3 is 1.13 bits per heavy atom. The summed E-state index contributed by atoms with van der Waals surface area (Å²) in [6, 6.07) is 74.2. The number of aryl methyl sites for hydroxylation is 10. The largest absolute Gasteiger partial charge is 0.361 e. The average Bonchev–Trinajstić information content (AvgIpc) is 1.48. The molecule has 30 rings (SSSR count). The Hall–Kier alpha value is -17.8. The molecule has 14 heterocycles. The third-order valence-electron chi connectivity index (χ3n) is 29.4. The number of para-hydroxylation sites is 2. The van der Waals surface area contributed by atoms with E-state index in [1.165, 1.54) is 98.1 Å². The minimum absolute atomic E-state index is 0.269. The fraction of sp³-hybridized carbons (Fsp3) is 0.207. The third kappa shape index (κ3) is 16.8. The Labute approximate surface area is 848 Å². The number of hydrogen-bond donors (Lipinski definition) is 6. The number of benzene rings is 11. The SMILES string of the molecule is Cc1noc(C)c1-c1cc(-c2cccc3ccccc23)c2nc(C3CC3)[nH]c2c1.Cc1noc(C)c1-c1cc(-c2cccc3cnccc23)c2nc(C3CC3)[nH]c2c1.Cc1noc(C)c1-c1cc(-c2cccnc2-c2ccccc2)c2nc(C3CC3)[nH]c2c1.Cc1noc(C)c1-c1cc(-c2cn[nH]c2-c2ccc(F)cc2)c2nc(C3CC3)[nH]c2c1.Cc1noc(C)c1-c1cc(-n2cnc3ccccc32)c2nc(C3CC3)[nH]c2c1. The molecule has 5 aliphatic carbocycles. The summed E-state index contributed by atoms with van der Waals surface area (Å²) in [4.78, 5) is 56.4. The molecule has 0 saturated heterocycles. The first-order valence-electron chi connectivity index (χ1n) is 50.7. The van der Waals surface area contributed by atoms with E-state index < -0.39 is 0 Å². The average molecular weight is 1950 g/mol. The molecule has 0 aliphatic heterocycles. The van der Waals surface area contributed by atoms with Crippen molar-refractivity contribution >= 4 is 87.7 Å². The van der Waals surface area contributed by atoms with Crippen molar-refractivity contribution in [2.24, 2.45) is 0 Å². The number of nitrogens with zero attached hydrogens (tertiary/aromatic N) is 15. The summed E-state index contributed by atoms with van der Waals surface area (Å²) in [6.45, 7) is 19.7. The summed E-state index contributed by atoms with van der Waals surface area (Å²) < 4.78 is 42.8. The van der Waals surface area contributed by atoms with Gasteiger partial charge in [0.1, 0.15) is 75.6 Å². The minimum Gasteiger partial charge on any atom is -0.361 e. The van der Waals surface area contributed by atoms with Gasteiger partial charge in [0.25, 0.3) is 0 Å². The lowest BCUT2D eigenvalue weighted by Crippen LogP contribution is -1.95. The Kier molecular flexibility index (Phi) is 22.3. The van der Waals surface area contributed by atoms with Gasteiger partial charge in [-0.05, 0) is 298 Å². The summed E-state index contributed by atoms with van der Waals surface area (Å²) in [5.74, 6) is 12.0. The van der Waals surface area contributed by atoms with E-state index in [0.717, 1.165) is 281 Å². The summed E-state index contributed by atoms with van der Waals surface area (Å²) in [7, 11) is 0. The fourth-order valence-electron chi connectivity index (χ4n) is 21.4. The quantitative estimate of drug-likeness (QED) is 0.0493. The molecule has 5 saturated carbocycles. The lowest BCUT2D eigenvalue weighted by Gasteiger charge is -2.12. The van der Waals surface area contributed by atoms with Crippen molar-refractivity contribution in [2.75, 3.05) is 0 Å². The van der Waals surface area contributed by atoms with Gasteiger partial charge in [-0.15, -0.1) is 0 Å². The zero-order valence-electron chi connectivity index (χ0n) is 83.3. The molecule has 148 heavy (non-hydrogen) atoms. The molecule has 0 radical (unpaired) electrons. The highest BCUT2D eigenvalue weighted by Gasteiger charge is 2.35. The standard InChI is InChI=1S/C26H22N4O.C25H21N3O.C24H20FN5O.C24H20N4O.C22H19N5O/c1-15-23(16(2)31-30-15)19-13-21(25-22(14-19)28-26(29-25)18-10-11-18)20-9-6-12-27-24(20)17-7-4-3-5-8-17;1-14-23(15(2)29-28-14)18-12-21(20-9-5-7-16-6-3-4-8-19(16)20)24-22(13-18)26-25(27-24)17-10-11-17;1-12-21(13(2)31-30-12)16-9-18(23-20(10-16)27-24(28-23)15-3-4-15)19-11-26-29-22(19)14-5-7-17(25)8-6-14;1-13-22(14(2)29-28-13)17-10-20(19-5-3-4-16-12-25-9-8-18(16)19)23-21(11-17)26-24(27-23)15-6-7-15;1-12-20(13(2)28-26-12)15-9-17-21(25-22(24-17)14-7-8-14)19(10-15)27-11-23-16-5-3-4-6-18(16)27/h3-9,12-14,18H,10-11H2,1-2H3,(H,28,29);3-9,12-13,17H,10-11H2,1-2H3,(H,26,27);5-11,15H,3-4H2,1-2H3,(H,26,29)(H,27,28);3-5,8-12,15H,6-7H2,1-2H3,(H,26,27);3-6,9-11,14H,7-8H2,1-2H3,(H,24,25). The van der Waals surface area contributed by atoms with E-state index >= 15 is 0 Å². The van der Waals surface area contributed by atoms with Crippen molar-refractivity contribution < 1.29 is 27.0 Å². The Bertz CT molecular complexity index is 9150. The maximum atomic E-state index is 13.5. The predicted octanol–water partition coefficient (Wildman–Crippen LogP) is 29.9. The van der Waals surface area contributed by atoms with Crippen LogP contribution in [0.15, 0.2) is 272 Å². The molecule has 0 amide bonds. The number of aromatic nitrogens is 21. The van der Waals surface area contributed by atoms with Gasteiger partial charge in [0, 0.05) is 126 Å². The molecule has 0 bridgehead atoms. The maximum absolute atomic E-state index is 13.5. The molecule has 0 unspecified atom stereocenters. The number of H-pyrrole nitrogens is 6.